The van der Waals surface area contributed by atoms with Crippen LogP contribution in [0.25, 0.3) is 0 Å². The van der Waals surface area contributed by atoms with E-state index in [2.05, 4.69) is 12.2 Å². The molecule has 110 valence electrons. The van der Waals surface area contributed by atoms with E-state index in [4.69, 9.17) is 9.84 Å². The van der Waals surface area contributed by atoms with Gasteiger partial charge in [-0.15, -0.1) is 0 Å². The molecule has 0 aliphatic heterocycles. The Morgan fingerprint density at radius 3 is 2.85 bits per heavy atom. The molecule has 1 aliphatic carbocycles. The van der Waals surface area contributed by atoms with Gasteiger partial charge in [-0.2, -0.15) is 0 Å². The largest absolute Gasteiger partial charge is 0.496 e. The lowest BCUT2D eigenvalue weighted by atomic mass is 9.85. The minimum Gasteiger partial charge on any atom is -0.496 e. The maximum atomic E-state index is 11.1. The summed E-state index contributed by atoms with van der Waals surface area (Å²) in [4.78, 5) is 11.1. The van der Waals surface area contributed by atoms with Crippen molar-refractivity contribution in [3.63, 3.8) is 0 Å². The molecular formula is C16H23NO3. The molecule has 1 aromatic carbocycles. The molecule has 1 fully saturated rings. The molecule has 2 rings (SSSR count). The monoisotopic (exact) mass is 277 g/mol. The molecule has 1 aromatic rings. The van der Waals surface area contributed by atoms with Crippen LogP contribution in [0, 0.1) is 5.92 Å². The summed E-state index contributed by atoms with van der Waals surface area (Å²) in [6.45, 7) is 2.10. The molecule has 0 bridgehead atoms. The predicted molar refractivity (Wildman–Crippen MR) is 77.9 cm³/mol. The topological polar surface area (TPSA) is 58.6 Å². The third kappa shape index (κ3) is 3.51. The third-order valence-corrected chi connectivity index (χ3v) is 4.11. The van der Waals surface area contributed by atoms with Crippen LogP contribution in [0.4, 0.5) is 0 Å². The van der Waals surface area contributed by atoms with Crippen LogP contribution in [-0.4, -0.2) is 24.2 Å². The number of carbonyl (C=O) groups is 1. The zero-order chi connectivity index (χ0) is 14.5. The average molecular weight is 277 g/mol. The second-order valence-corrected chi connectivity index (χ2v) is 5.53. The molecule has 0 amide bonds. The summed E-state index contributed by atoms with van der Waals surface area (Å²) in [5.74, 6) is 0.00524. The Morgan fingerprint density at radius 2 is 2.15 bits per heavy atom. The highest BCUT2D eigenvalue weighted by atomic mass is 16.5. The molecule has 0 radical (unpaired) electrons. The zero-order valence-electron chi connectivity index (χ0n) is 12.1. The number of ether oxygens (including phenoxy) is 1. The zero-order valence-corrected chi connectivity index (χ0v) is 12.1. The van der Waals surface area contributed by atoms with Gasteiger partial charge in [-0.25, -0.2) is 0 Å². The summed E-state index contributed by atoms with van der Waals surface area (Å²) in [5, 5.41) is 12.7. The number of hydrogen-bond acceptors (Lipinski definition) is 3. The van der Waals surface area contributed by atoms with E-state index in [1.165, 1.54) is 0 Å². The lowest BCUT2D eigenvalue weighted by Crippen LogP contribution is -2.37. The van der Waals surface area contributed by atoms with Crippen molar-refractivity contribution in [3.8, 4) is 5.75 Å². The molecule has 1 saturated carbocycles. The third-order valence-electron chi connectivity index (χ3n) is 4.11. The first-order valence-corrected chi connectivity index (χ1v) is 7.23. The van der Waals surface area contributed by atoms with Crippen LogP contribution in [-0.2, 0) is 4.79 Å². The predicted octanol–water partition coefficient (Wildman–Crippen LogP) is 2.99. The maximum absolute atomic E-state index is 11.1. The van der Waals surface area contributed by atoms with E-state index in [0.29, 0.717) is 0 Å². The van der Waals surface area contributed by atoms with Gasteiger partial charge in [0.15, 0.2) is 0 Å². The van der Waals surface area contributed by atoms with Crippen molar-refractivity contribution >= 4 is 5.97 Å². The number of methoxy groups -OCH3 is 1. The number of rotatable bonds is 5. The normalized spacial score (nSPS) is 24.1. The Morgan fingerprint density at radius 1 is 1.40 bits per heavy atom. The fourth-order valence-corrected chi connectivity index (χ4v) is 3.03. The quantitative estimate of drug-likeness (QED) is 0.868. The summed E-state index contributed by atoms with van der Waals surface area (Å²) in [6, 6.07) is 8.38. The van der Waals surface area contributed by atoms with E-state index in [0.717, 1.165) is 37.0 Å². The van der Waals surface area contributed by atoms with Crippen LogP contribution in [0.3, 0.4) is 0 Å². The van der Waals surface area contributed by atoms with E-state index in [-0.39, 0.29) is 18.0 Å². The van der Waals surface area contributed by atoms with Gasteiger partial charge < -0.3 is 15.2 Å². The van der Waals surface area contributed by atoms with Gasteiger partial charge in [-0.05, 0) is 32.3 Å². The van der Waals surface area contributed by atoms with E-state index in [1.807, 2.05) is 24.3 Å². The number of carboxylic acids is 1. The molecule has 2 N–H and O–H groups in total. The summed E-state index contributed by atoms with van der Waals surface area (Å²) in [5.41, 5.74) is 1.12. The molecular weight excluding hydrogens is 254 g/mol. The van der Waals surface area contributed by atoms with Gasteiger partial charge in [0.2, 0.25) is 0 Å². The van der Waals surface area contributed by atoms with Crippen molar-refractivity contribution in [2.75, 3.05) is 7.11 Å². The van der Waals surface area contributed by atoms with Crippen LogP contribution >= 0.6 is 0 Å². The summed E-state index contributed by atoms with van der Waals surface area (Å²) < 4.78 is 5.38. The number of hydrogen-bond donors (Lipinski definition) is 2. The summed E-state index contributed by atoms with van der Waals surface area (Å²) in [6.07, 6.45) is 3.54. The highest BCUT2D eigenvalue weighted by molar-refractivity contribution is 5.70. The lowest BCUT2D eigenvalue weighted by Gasteiger charge is -2.30. The first-order chi connectivity index (χ1) is 9.61. The first-order valence-electron chi connectivity index (χ1n) is 7.23. The van der Waals surface area contributed by atoms with Crippen LogP contribution in [0.2, 0.25) is 0 Å². The Labute approximate surface area is 120 Å². The standard InChI is InChI=1S/C16H23NO3/c1-11(14-8-3-4-9-15(14)20-2)17-13-7-5-6-12(10-13)16(18)19/h3-4,8-9,11-13,17H,5-7,10H2,1-2H3,(H,18,19)/t11-,12?,13?/m0/s1. The van der Waals surface area contributed by atoms with Gasteiger partial charge in [-0.1, -0.05) is 24.6 Å². The Hall–Kier alpha value is -1.55. The van der Waals surface area contributed by atoms with Gasteiger partial charge in [0.05, 0.1) is 13.0 Å². The molecule has 0 saturated heterocycles. The minimum atomic E-state index is -0.665. The van der Waals surface area contributed by atoms with E-state index in [9.17, 15) is 4.79 Å². The highest BCUT2D eigenvalue weighted by Gasteiger charge is 2.28. The molecule has 1 aliphatic rings. The molecule has 20 heavy (non-hydrogen) atoms. The van der Waals surface area contributed by atoms with Crippen molar-refractivity contribution in [2.24, 2.45) is 5.92 Å². The van der Waals surface area contributed by atoms with Crippen molar-refractivity contribution in [3.05, 3.63) is 29.8 Å². The molecule has 4 heteroatoms. The van der Waals surface area contributed by atoms with Gasteiger partial charge in [0.25, 0.3) is 0 Å². The molecule has 4 nitrogen and oxygen atoms in total. The van der Waals surface area contributed by atoms with Crippen molar-refractivity contribution in [2.45, 2.75) is 44.7 Å². The number of nitrogens with one attached hydrogen (secondary N) is 1. The Kier molecular flexibility index (Phi) is 5.01. The Bertz CT molecular complexity index is 461. The van der Waals surface area contributed by atoms with Crippen molar-refractivity contribution < 1.29 is 14.6 Å². The fraction of sp³-hybridized carbons (Fsp3) is 0.562. The smallest absolute Gasteiger partial charge is 0.306 e. The van der Waals surface area contributed by atoms with Crippen molar-refractivity contribution in [1.82, 2.24) is 5.32 Å². The number of para-hydroxylation sites is 1. The summed E-state index contributed by atoms with van der Waals surface area (Å²) >= 11 is 0. The van der Waals surface area contributed by atoms with Crippen LogP contribution in [0.5, 0.6) is 5.75 Å². The highest BCUT2D eigenvalue weighted by Crippen LogP contribution is 2.29. The Balaban J connectivity index is 2.00. The molecule has 2 unspecified atom stereocenters. The number of aliphatic carboxylic acids is 1. The molecule has 3 atom stereocenters. The number of benzene rings is 1. The fourth-order valence-electron chi connectivity index (χ4n) is 3.03. The van der Waals surface area contributed by atoms with E-state index >= 15 is 0 Å². The van der Waals surface area contributed by atoms with Gasteiger partial charge in [-0.3, -0.25) is 4.79 Å². The molecule has 0 spiro atoms. The van der Waals surface area contributed by atoms with Gasteiger partial charge >= 0.3 is 5.97 Å². The van der Waals surface area contributed by atoms with Crippen LogP contribution in [0.1, 0.15) is 44.2 Å². The summed E-state index contributed by atoms with van der Waals surface area (Å²) in [7, 11) is 1.67. The molecule has 0 aromatic heterocycles. The lowest BCUT2D eigenvalue weighted by molar-refractivity contribution is -0.143. The van der Waals surface area contributed by atoms with Gasteiger partial charge in [0, 0.05) is 17.6 Å². The SMILES string of the molecule is COc1ccccc1[C@H](C)NC1CCCC(C(=O)O)C1. The van der Waals surface area contributed by atoms with Gasteiger partial charge in [0.1, 0.15) is 5.75 Å². The first kappa shape index (κ1) is 14.9. The van der Waals surface area contributed by atoms with Crippen LogP contribution < -0.4 is 10.1 Å². The minimum absolute atomic E-state index is 0.156. The van der Waals surface area contributed by atoms with Crippen LogP contribution in [0.15, 0.2) is 24.3 Å². The van der Waals surface area contributed by atoms with E-state index in [1.54, 1.807) is 7.11 Å². The van der Waals surface area contributed by atoms with Crippen molar-refractivity contribution in [1.29, 1.82) is 0 Å². The molecule has 0 heterocycles. The van der Waals surface area contributed by atoms with E-state index < -0.39 is 5.97 Å². The second kappa shape index (κ2) is 6.75. The number of carboxylic acid groups (broad SMARTS) is 1. The maximum Gasteiger partial charge on any atom is 0.306 e. The second-order valence-electron chi connectivity index (χ2n) is 5.53. The average Bonchev–Trinajstić information content (AvgIpc) is 2.47.